The van der Waals surface area contributed by atoms with Gasteiger partial charge in [0.15, 0.2) is 0 Å². The fourth-order valence-electron chi connectivity index (χ4n) is 3.46. The number of rotatable bonds is 2. The largest absolute Gasteiger partial charge is 0.444 e. The zero-order valence-electron chi connectivity index (χ0n) is 15.8. The molecule has 0 spiro atoms. The van der Waals surface area contributed by atoms with Crippen LogP contribution in [0.2, 0.25) is 0 Å². The van der Waals surface area contributed by atoms with E-state index in [2.05, 4.69) is 19.2 Å². The molecule has 2 fully saturated rings. The van der Waals surface area contributed by atoms with E-state index in [1.54, 1.807) is 4.90 Å². The van der Waals surface area contributed by atoms with Gasteiger partial charge in [0.2, 0.25) is 5.91 Å². The van der Waals surface area contributed by atoms with Gasteiger partial charge >= 0.3 is 6.09 Å². The molecular formula is C18H33N3O3. The van der Waals surface area contributed by atoms with Crippen LogP contribution in [0.1, 0.15) is 47.5 Å². The number of carbonyl (C=O) groups is 2. The number of nitrogens with zero attached hydrogens (tertiary/aromatic N) is 2. The Labute approximate surface area is 145 Å². The molecule has 2 aliphatic rings. The lowest BCUT2D eigenvalue weighted by Crippen LogP contribution is -2.49. The molecule has 2 unspecified atom stereocenters. The molecule has 2 heterocycles. The van der Waals surface area contributed by atoms with Gasteiger partial charge in [-0.25, -0.2) is 4.79 Å². The Hall–Kier alpha value is -1.30. The van der Waals surface area contributed by atoms with Crippen LogP contribution in [0, 0.1) is 11.8 Å². The minimum absolute atomic E-state index is 0.100. The summed E-state index contributed by atoms with van der Waals surface area (Å²) in [5.74, 6) is 0.517. The number of hydrogen-bond acceptors (Lipinski definition) is 4. The molecule has 0 aromatic heterocycles. The van der Waals surface area contributed by atoms with Gasteiger partial charge in [0.1, 0.15) is 5.60 Å². The zero-order chi connectivity index (χ0) is 17.9. The van der Waals surface area contributed by atoms with Crippen LogP contribution in [0.25, 0.3) is 0 Å². The van der Waals surface area contributed by atoms with Crippen molar-refractivity contribution in [3.8, 4) is 0 Å². The highest BCUT2D eigenvalue weighted by molar-refractivity contribution is 5.81. The van der Waals surface area contributed by atoms with Gasteiger partial charge in [0.25, 0.3) is 0 Å². The molecule has 138 valence electrons. The molecule has 2 rings (SSSR count). The Balaban J connectivity index is 1.98. The van der Waals surface area contributed by atoms with Crippen molar-refractivity contribution in [3.63, 3.8) is 0 Å². The lowest BCUT2D eigenvalue weighted by Gasteiger charge is -2.34. The average Bonchev–Trinajstić information content (AvgIpc) is 2.82. The first kappa shape index (κ1) is 19.0. The summed E-state index contributed by atoms with van der Waals surface area (Å²) in [5.41, 5.74) is -0.502. The number of amides is 2. The first-order valence-corrected chi connectivity index (χ1v) is 9.18. The molecule has 2 atom stereocenters. The second-order valence-corrected chi connectivity index (χ2v) is 8.31. The lowest BCUT2D eigenvalue weighted by molar-refractivity contribution is -0.138. The number of hydrogen-bond donors (Lipinski definition) is 1. The molecule has 0 radical (unpaired) electrons. The van der Waals surface area contributed by atoms with Crippen LogP contribution >= 0.6 is 0 Å². The molecule has 0 saturated carbocycles. The van der Waals surface area contributed by atoms with E-state index in [1.165, 1.54) is 0 Å². The van der Waals surface area contributed by atoms with Crippen LogP contribution in [-0.4, -0.2) is 66.2 Å². The third kappa shape index (κ3) is 4.85. The molecular weight excluding hydrogens is 306 g/mol. The van der Waals surface area contributed by atoms with Crippen molar-refractivity contribution in [1.29, 1.82) is 0 Å². The average molecular weight is 339 g/mol. The molecule has 0 aliphatic carbocycles. The first-order valence-electron chi connectivity index (χ1n) is 9.18. The van der Waals surface area contributed by atoms with Crippen LogP contribution in [0.5, 0.6) is 0 Å². The standard InChI is InChI=1S/C18H33N3O3/c1-13(2)15-11-19-8-6-9-21(15)16(22)14-7-10-20(12-14)17(23)24-18(3,4)5/h13-15,19H,6-12H2,1-5H3. The van der Waals surface area contributed by atoms with Gasteiger partial charge in [-0.2, -0.15) is 0 Å². The molecule has 6 heteroatoms. The highest BCUT2D eigenvalue weighted by Gasteiger charge is 2.38. The number of nitrogens with one attached hydrogen (secondary N) is 1. The third-order valence-corrected chi connectivity index (χ3v) is 4.75. The predicted molar refractivity (Wildman–Crippen MR) is 93.7 cm³/mol. The Bertz CT molecular complexity index is 459. The second-order valence-electron chi connectivity index (χ2n) is 8.31. The van der Waals surface area contributed by atoms with E-state index in [4.69, 9.17) is 4.74 Å². The zero-order valence-corrected chi connectivity index (χ0v) is 15.8. The summed E-state index contributed by atoms with van der Waals surface area (Å²) in [4.78, 5) is 29.0. The summed E-state index contributed by atoms with van der Waals surface area (Å²) >= 11 is 0. The number of carbonyl (C=O) groups excluding carboxylic acids is 2. The molecule has 0 aromatic carbocycles. The summed E-state index contributed by atoms with van der Waals surface area (Å²) in [7, 11) is 0. The topological polar surface area (TPSA) is 61.9 Å². The highest BCUT2D eigenvalue weighted by atomic mass is 16.6. The van der Waals surface area contributed by atoms with E-state index in [1.807, 2.05) is 25.7 Å². The van der Waals surface area contributed by atoms with E-state index < -0.39 is 5.60 Å². The lowest BCUT2D eigenvalue weighted by atomic mass is 9.99. The second kappa shape index (κ2) is 7.72. The molecule has 0 aromatic rings. The fourth-order valence-corrected chi connectivity index (χ4v) is 3.46. The van der Waals surface area contributed by atoms with Crippen molar-refractivity contribution in [2.45, 2.75) is 59.1 Å². The summed E-state index contributed by atoms with van der Waals surface area (Å²) in [6, 6.07) is 0.232. The van der Waals surface area contributed by atoms with Gasteiger partial charge < -0.3 is 19.9 Å². The Morgan fingerprint density at radius 2 is 1.92 bits per heavy atom. The Morgan fingerprint density at radius 1 is 1.21 bits per heavy atom. The minimum atomic E-state index is -0.502. The fraction of sp³-hybridized carbons (Fsp3) is 0.889. The van der Waals surface area contributed by atoms with Gasteiger partial charge in [-0.1, -0.05) is 13.8 Å². The third-order valence-electron chi connectivity index (χ3n) is 4.75. The van der Waals surface area contributed by atoms with E-state index in [0.29, 0.717) is 19.0 Å². The normalized spacial score (nSPS) is 25.8. The van der Waals surface area contributed by atoms with Crippen LogP contribution < -0.4 is 5.32 Å². The summed E-state index contributed by atoms with van der Waals surface area (Å²) in [5, 5.41) is 3.43. The van der Waals surface area contributed by atoms with Crippen molar-refractivity contribution in [3.05, 3.63) is 0 Å². The van der Waals surface area contributed by atoms with Crippen molar-refractivity contribution in [2.75, 3.05) is 32.7 Å². The summed E-state index contributed by atoms with van der Waals surface area (Å²) < 4.78 is 5.43. The maximum absolute atomic E-state index is 13.0. The van der Waals surface area contributed by atoms with Gasteiger partial charge in [-0.3, -0.25) is 4.79 Å². The smallest absolute Gasteiger partial charge is 0.410 e. The Morgan fingerprint density at radius 3 is 2.54 bits per heavy atom. The highest BCUT2D eigenvalue weighted by Crippen LogP contribution is 2.24. The van der Waals surface area contributed by atoms with Gasteiger partial charge in [-0.05, 0) is 46.1 Å². The van der Waals surface area contributed by atoms with Crippen LogP contribution in [-0.2, 0) is 9.53 Å². The number of ether oxygens (including phenoxy) is 1. The first-order chi connectivity index (χ1) is 11.2. The summed E-state index contributed by atoms with van der Waals surface area (Å²) in [6.07, 6.45) is 1.40. The van der Waals surface area contributed by atoms with E-state index >= 15 is 0 Å². The number of likely N-dealkylation sites (tertiary alicyclic amines) is 1. The van der Waals surface area contributed by atoms with Crippen LogP contribution in [0.15, 0.2) is 0 Å². The Kier molecular flexibility index (Phi) is 6.12. The van der Waals surface area contributed by atoms with E-state index in [9.17, 15) is 9.59 Å². The van der Waals surface area contributed by atoms with Gasteiger partial charge in [0.05, 0.1) is 5.92 Å². The molecule has 1 N–H and O–H groups in total. The van der Waals surface area contributed by atoms with Crippen LogP contribution in [0.3, 0.4) is 0 Å². The SMILES string of the molecule is CC(C)C1CNCCCN1C(=O)C1CCN(C(=O)OC(C)(C)C)C1. The molecule has 2 amide bonds. The minimum Gasteiger partial charge on any atom is -0.444 e. The van der Waals surface area contributed by atoms with Gasteiger partial charge in [0, 0.05) is 32.2 Å². The van der Waals surface area contributed by atoms with Crippen molar-refractivity contribution >= 4 is 12.0 Å². The maximum Gasteiger partial charge on any atom is 0.410 e. The van der Waals surface area contributed by atoms with Crippen LogP contribution in [0.4, 0.5) is 4.79 Å². The van der Waals surface area contributed by atoms with E-state index in [-0.39, 0.29) is 24.0 Å². The molecule has 2 aliphatic heterocycles. The maximum atomic E-state index is 13.0. The van der Waals surface area contributed by atoms with Gasteiger partial charge in [-0.15, -0.1) is 0 Å². The van der Waals surface area contributed by atoms with Crippen molar-refractivity contribution in [1.82, 2.24) is 15.1 Å². The predicted octanol–water partition coefficient (Wildman–Crippen LogP) is 2.09. The molecule has 6 nitrogen and oxygen atoms in total. The molecule has 24 heavy (non-hydrogen) atoms. The molecule has 0 bridgehead atoms. The molecule has 2 saturated heterocycles. The monoisotopic (exact) mass is 339 g/mol. The van der Waals surface area contributed by atoms with Crippen molar-refractivity contribution < 1.29 is 14.3 Å². The van der Waals surface area contributed by atoms with E-state index in [0.717, 1.165) is 32.5 Å². The quantitative estimate of drug-likeness (QED) is 0.837. The summed E-state index contributed by atoms with van der Waals surface area (Å²) in [6.45, 7) is 13.6. The van der Waals surface area contributed by atoms with Crippen molar-refractivity contribution in [2.24, 2.45) is 11.8 Å².